The largest absolute Gasteiger partial charge is 0.372 e. The number of hydrogen-bond acceptors (Lipinski definition) is 6. The molecule has 0 saturated carbocycles. The number of rotatable bonds is 3. The Balaban J connectivity index is 1.33. The summed E-state index contributed by atoms with van der Waals surface area (Å²) in [6.45, 7) is 8.48. The predicted molar refractivity (Wildman–Crippen MR) is 124 cm³/mol. The zero-order valence-corrected chi connectivity index (χ0v) is 18.9. The Bertz CT molecular complexity index is 1100. The van der Waals surface area contributed by atoms with Crippen molar-refractivity contribution in [3.8, 4) is 11.3 Å². The monoisotopic (exact) mass is 434 g/mol. The standard InChI is InChI=1S/C24H26N4O2S/c1-15-12-27(13-16(2)30-15)23-7-5-20(11-25-23)24(29)28-9-8-19-10-18(4-6-22(19)28)21-14-31-17(3)26-21/h4-7,10-11,14-16H,8-9,12-13H2,1-3H3. The van der Waals surface area contributed by atoms with Gasteiger partial charge in [-0.25, -0.2) is 9.97 Å². The molecule has 0 bridgehead atoms. The van der Waals surface area contributed by atoms with Crippen LogP contribution in [0.1, 0.15) is 34.8 Å². The van der Waals surface area contributed by atoms with Crippen molar-refractivity contribution in [1.29, 1.82) is 0 Å². The number of thiazole rings is 1. The Hall–Kier alpha value is -2.77. The number of carbonyl (C=O) groups excluding carboxylic acids is 1. The molecule has 0 radical (unpaired) electrons. The second-order valence-corrected chi connectivity index (χ2v) is 9.43. The predicted octanol–water partition coefficient (Wildman–Crippen LogP) is 4.33. The van der Waals surface area contributed by atoms with Gasteiger partial charge in [0.25, 0.3) is 5.91 Å². The quantitative estimate of drug-likeness (QED) is 0.614. The van der Waals surface area contributed by atoms with Crippen molar-refractivity contribution < 1.29 is 9.53 Å². The Morgan fingerprint density at radius 1 is 1.16 bits per heavy atom. The molecule has 6 nitrogen and oxygen atoms in total. The number of aromatic nitrogens is 2. The number of benzene rings is 1. The van der Waals surface area contributed by atoms with Crippen LogP contribution >= 0.6 is 11.3 Å². The van der Waals surface area contributed by atoms with E-state index in [1.54, 1.807) is 17.5 Å². The third-order valence-electron chi connectivity index (χ3n) is 5.87. The van der Waals surface area contributed by atoms with Crippen molar-refractivity contribution in [2.24, 2.45) is 0 Å². The normalized spacial score (nSPS) is 20.7. The number of nitrogens with zero attached hydrogens (tertiary/aromatic N) is 4. The van der Waals surface area contributed by atoms with E-state index in [0.717, 1.165) is 47.3 Å². The Kier molecular flexibility index (Phi) is 5.24. The number of morpholine rings is 1. The minimum absolute atomic E-state index is 0.00114. The maximum Gasteiger partial charge on any atom is 0.259 e. The minimum atomic E-state index is -0.00114. The second kappa shape index (κ2) is 8.05. The molecule has 1 fully saturated rings. The third kappa shape index (κ3) is 3.95. The van der Waals surface area contributed by atoms with Crippen LogP contribution in [0.2, 0.25) is 0 Å². The van der Waals surface area contributed by atoms with Gasteiger partial charge in [0.2, 0.25) is 0 Å². The zero-order valence-electron chi connectivity index (χ0n) is 18.0. The van der Waals surface area contributed by atoms with Crippen LogP contribution in [0, 0.1) is 6.92 Å². The van der Waals surface area contributed by atoms with Crippen LogP contribution in [0.5, 0.6) is 0 Å². The Morgan fingerprint density at radius 2 is 1.97 bits per heavy atom. The van der Waals surface area contributed by atoms with Crippen LogP contribution in [0.15, 0.2) is 41.9 Å². The molecule has 1 amide bonds. The van der Waals surface area contributed by atoms with E-state index in [-0.39, 0.29) is 18.1 Å². The van der Waals surface area contributed by atoms with E-state index in [9.17, 15) is 4.79 Å². The number of carbonyl (C=O) groups is 1. The zero-order chi connectivity index (χ0) is 21.5. The lowest BCUT2D eigenvalue weighted by molar-refractivity contribution is -0.00546. The average molecular weight is 435 g/mol. The van der Waals surface area contributed by atoms with Crippen LogP contribution < -0.4 is 9.80 Å². The van der Waals surface area contributed by atoms with Gasteiger partial charge in [-0.2, -0.15) is 0 Å². The van der Waals surface area contributed by atoms with Crippen LogP contribution in [0.4, 0.5) is 11.5 Å². The van der Waals surface area contributed by atoms with E-state index in [2.05, 4.69) is 46.2 Å². The van der Waals surface area contributed by atoms with E-state index < -0.39 is 0 Å². The third-order valence-corrected chi connectivity index (χ3v) is 6.65. The summed E-state index contributed by atoms with van der Waals surface area (Å²) in [6, 6.07) is 10.1. The molecule has 1 saturated heterocycles. The molecule has 160 valence electrons. The van der Waals surface area contributed by atoms with Gasteiger partial charge in [0.05, 0.1) is 28.5 Å². The lowest BCUT2D eigenvalue weighted by Gasteiger charge is -2.36. The minimum Gasteiger partial charge on any atom is -0.372 e. The molecule has 7 heteroatoms. The number of aryl methyl sites for hydroxylation is 1. The smallest absolute Gasteiger partial charge is 0.259 e. The van der Waals surface area contributed by atoms with Crippen LogP contribution in [-0.2, 0) is 11.2 Å². The highest BCUT2D eigenvalue weighted by molar-refractivity contribution is 7.09. The summed E-state index contributed by atoms with van der Waals surface area (Å²) in [6.07, 6.45) is 2.90. The summed E-state index contributed by atoms with van der Waals surface area (Å²) in [5, 5.41) is 3.14. The van der Waals surface area contributed by atoms with Gasteiger partial charge in [-0.15, -0.1) is 11.3 Å². The van der Waals surface area contributed by atoms with Crippen LogP contribution in [0.25, 0.3) is 11.3 Å². The molecule has 2 aliphatic heterocycles. The number of hydrogen-bond donors (Lipinski definition) is 0. The molecule has 5 rings (SSSR count). The van der Waals surface area contributed by atoms with Crippen molar-refractivity contribution in [3.63, 3.8) is 0 Å². The summed E-state index contributed by atoms with van der Waals surface area (Å²) < 4.78 is 5.80. The summed E-state index contributed by atoms with van der Waals surface area (Å²) in [5.74, 6) is 0.891. The molecule has 1 aromatic carbocycles. The van der Waals surface area contributed by atoms with Gasteiger partial charge in [0, 0.05) is 42.5 Å². The highest BCUT2D eigenvalue weighted by atomic mass is 32.1. The SMILES string of the molecule is Cc1nc(-c2ccc3c(c2)CCN3C(=O)c2ccc(N3CC(C)OC(C)C3)nc2)cs1. The summed E-state index contributed by atoms with van der Waals surface area (Å²) in [5.41, 5.74) is 4.90. The van der Waals surface area contributed by atoms with Gasteiger partial charge >= 0.3 is 0 Å². The topological polar surface area (TPSA) is 58.6 Å². The van der Waals surface area contributed by atoms with Crippen molar-refractivity contribution in [3.05, 3.63) is 58.0 Å². The molecule has 0 N–H and O–H groups in total. The molecule has 3 aromatic rings. The van der Waals surface area contributed by atoms with E-state index in [4.69, 9.17) is 4.74 Å². The van der Waals surface area contributed by atoms with Crippen molar-refractivity contribution in [2.45, 2.75) is 39.4 Å². The highest BCUT2D eigenvalue weighted by Gasteiger charge is 2.27. The fourth-order valence-corrected chi connectivity index (χ4v) is 5.11. The fraction of sp³-hybridized carbons (Fsp3) is 0.375. The average Bonchev–Trinajstić information content (AvgIpc) is 3.38. The molecular formula is C24H26N4O2S. The lowest BCUT2D eigenvalue weighted by Crippen LogP contribution is -2.45. The van der Waals surface area contributed by atoms with E-state index in [1.807, 2.05) is 30.0 Å². The molecule has 0 aliphatic carbocycles. The van der Waals surface area contributed by atoms with Crippen molar-refractivity contribution >= 4 is 28.7 Å². The number of ether oxygens (including phenoxy) is 1. The Labute approximate surface area is 186 Å². The number of pyridine rings is 1. The molecule has 2 atom stereocenters. The lowest BCUT2D eigenvalue weighted by atomic mass is 10.1. The van der Waals surface area contributed by atoms with Gasteiger partial charge in [0.1, 0.15) is 5.82 Å². The molecule has 31 heavy (non-hydrogen) atoms. The molecule has 0 spiro atoms. The highest BCUT2D eigenvalue weighted by Crippen LogP contribution is 2.33. The van der Waals surface area contributed by atoms with Crippen molar-refractivity contribution in [1.82, 2.24) is 9.97 Å². The van der Waals surface area contributed by atoms with Crippen molar-refractivity contribution in [2.75, 3.05) is 29.4 Å². The van der Waals surface area contributed by atoms with Gasteiger partial charge in [-0.3, -0.25) is 4.79 Å². The summed E-state index contributed by atoms with van der Waals surface area (Å²) in [7, 11) is 0. The molecule has 2 aromatic heterocycles. The van der Waals surface area contributed by atoms with Crippen LogP contribution in [0.3, 0.4) is 0 Å². The summed E-state index contributed by atoms with van der Waals surface area (Å²) in [4.78, 5) is 26.5. The first kappa shape index (κ1) is 20.2. The first-order valence-corrected chi connectivity index (χ1v) is 11.6. The fourth-order valence-electron chi connectivity index (χ4n) is 4.49. The number of anilines is 2. The first-order valence-electron chi connectivity index (χ1n) is 10.7. The number of fused-ring (bicyclic) bond motifs is 1. The van der Waals surface area contributed by atoms with Gasteiger partial charge < -0.3 is 14.5 Å². The van der Waals surface area contributed by atoms with Gasteiger partial charge in [0.15, 0.2) is 0 Å². The van der Waals surface area contributed by atoms with E-state index >= 15 is 0 Å². The van der Waals surface area contributed by atoms with E-state index in [0.29, 0.717) is 12.1 Å². The van der Waals surface area contributed by atoms with Gasteiger partial charge in [-0.05, 0) is 57.0 Å². The molecule has 4 heterocycles. The maximum atomic E-state index is 13.2. The maximum absolute atomic E-state index is 13.2. The molecular weight excluding hydrogens is 408 g/mol. The van der Waals surface area contributed by atoms with E-state index in [1.165, 1.54) is 5.56 Å². The second-order valence-electron chi connectivity index (χ2n) is 8.37. The summed E-state index contributed by atoms with van der Waals surface area (Å²) >= 11 is 1.65. The first-order chi connectivity index (χ1) is 15.0. The number of amides is 1. The molecule has 2 aliphatic rings. The molecule has 2 unspecified atom stereocenters. The van der Waals surface area contributed by atoms with Crippen LogP contribution in [-0.4, -0.2) is 47.7 Å². The van der Waals surface area contributed by atoms with Gasteiger partial charge in [-0.1, -0.05) is 6.07 Å². The Morgan fingerprint density at radius 3 is 2.65 bits per heavy atom.